The first-order valence-corrected chi connectivity index (χ1v) is 10.3. The number of alkyl carbamates (subject to hydrolysis) is 1. The van der Waals surface area contributed by atoms with Crippen LogP contribution >= 0.6 is 0 Å². The van der Waals surface area contributed by atoms with Gasteiger partial charge in [0.05, 0.1) is 11.3 Å². The quantitative estimate of drug-likeness (QED) is 0.668. The minimum Gasteiger partial charge on any atom is -0.460 e. The average molecular weight is 392 g/mol. The van der Waals surface area contributed by atoms with Crippen LogP contribution in [0.25, 0.3) is 0 Å². The molecule has 0 fully saturated rings. The summed E-state index contributed by atoms with van der Waals surface area (Å²) >= 11 is 0. The van der Waals surface area contributed by atoms with Gasteiger partial charge in [-0.3, -0.25) is 4.79 Å². The maximum absolute atomic E-state index is 12.0. The van der Waals surface area contributed by atoms with Gasteiger partial charge in [-0.2, -0.15) is 0 Å². The average Bonchev–Trinajstić information content (AvgIpc) is 2.37. The Morgan fingerprint density at radius 3 is 1.92 bits per heavy atom. The molecule has 0 unspecified atom stereocenters. The van der Waals surface area contributed by atoms with E-state index in [-0.39, 0.29) is 12.8 Å². The topological polar surface area (TPSA) is 98.8 Å². The van der Waals surface area contributed by atoms with Crippen LogP contribution in [0.3, 0.4) is 0 Å². The summed E-state index contributed by atoms with van der Waals surface area (Å²) in [7, 11) is -3.42. The fourth-order valence-electron chi connectivity index (χ4n) is 1.70. The van der Waals surface area contributed by atoms with Crippen molar-refractivity contribution in [2.45, 2.75) is 90.7 Å². The first-order valence-electron chi connectivity index (χ1n) is 8.65. The largest absolute Gasteiger partial charge is 0.460 e. The third-order valence-corrected chi connectivity index (χ3v) is 4.79. The fourth-order valence-corrected chi connectivity index (χ4v) is 2.43. The smallest absolute Gasteiger partial charge is 0.408 e. The van der Waals surface area contributed by atoms with Gasteiger partial charge in [-0.25, -0.2) is 13.2 Å². The van der Waals surface area contributed by atoms with E-state index in [1.54, 1.807) is 55.4 Å². The van der Waals surface area contributed by atoms with E-state index in [1.165, 1.54) is 6.08 Å². The maximum Gasteiger partial charge on any atom is 0.408 e. The van der Waals surface area contributed by atoms with Gasteiger partial charge in [0.2, 0.25) is 0 Å². The first kappa shape index (κ1) is 24.4. The van der Waals surface area contributed by atoms with E-state index >= 15 is 0 Å². The Morgan fingerprint density at radius 2 is 1.50 bits per heavy atom. The van der Waals surface area contributed by atoms with Gasteiger partial charge >= 0.3 is 12.1 Å². The van der Waals surface area contributed by atoms with Crippen molar-refractivity contribution >= 4 is 21.9 Å². The number of hydrogen-bond donors (Lipinski definition) is 1. The van der Waals surface area contributed by atoms with Gasteiger partial charge in [-0.1, -0.05) is 6.08 Å². The third-order valence-electron chi connectivity index (χ3n) is 2.94. The number of nitrogens with one attached hydrogen (secondary N) is 1. The van der Waals surface area contributed by atoms with Crippen LogP contribution in [0.5, 0.6) is 0 Å². The molecule has 0 saturated heterocycles. The second kappa shape index (κ2) is 9.39. The first-order chi connectivity index (χ1) is 11.5. The van der Waals surface area contributed by atoms with Gasteiger partial charge in [-0.05, 0) is 61.8 Å². The molecule has 0 aliphatic carbocycles. The van der Waals surface area contributed by atoms with E-state index in [4.69, 9.17) is 9.47 Å². The standard InChI is InChI=1S/C18H33NO6S/c1-13(2)26(22,23)12-11-14(19-16(21)25-18(6,7)8)9-10-15(20)24-17(3,4)5/h11-14H,9-10H2,1-8H3,(H,19,21)/b12-11+/t14-/m0/s1. The van der Waals surface area contributed by atoms with Gasteiger partial charge < -0.3 is 14.8 Å². The monoisotopic (exact) mass is 391 g/mol. The number of esters is 1. The molecule has 0 bridgehead atoms. The third kappa shape index (κ3) is 11.9. The Hall–Kier alpha value is -1.57. The van der Waals surface area contributed by atoms with Crippen molar-refractivity contribution < 1.29 is 27.5 Å². The second-order valence-electron chi connectivity index (χ2n) is 8.34. The molecule has 1 N–H and O–H groups in total. The summed E-state index contributed by atoms with van der Waals surface area (Å²) in [5.41, 5.74) is -1.30. The van der Waals surface area contributed by atoms with Crippen molar-refractivity contribution in [3.8, 4) is 0 Å². The van der Waals surface area contributed by atoms with Crippen molar-refractivity contribution in [3.05, 3.63) is 11.5 Å². The van der Waals surface area contributed by atoms with Crippen LogP contribution in [-0.2, 0) is 24.1 Å². The normalized spacial score (nSPS) is 14.3. The second-order valence-corrected chi connectivity index (χ2v) is 10.7. The fraction of sp³-hybridized carbons (Fsp3) is 0.778. The van der Waals surface area contributed by atoms with Crippen molar-refractivity contribution in [3.63, 3.8) is 0 Å². The summed E-state index contributed by atoms with van der Waals surface area (Å²) < 4.78 is 34.3. The number of rotatable bonds is 7. The number of sulfone groups is 1. The molecule has 0 spiro atoms. The van der Waals surface area contributed by atoms with E-state index in [1.807, 2.05) is 0 Å². The molecule has 0 saturated carbocycles. The molecule has 7 nitrogen and oxygen atoms in total. The summed E-state index contributed by atoms with van der Waals surface area (Å²) in [5, 5.41) is 3.07. The van der Waals surface area contributed by atoms with Crippen molar-refractivity contribution in [1.82, 2.24) is 5.32 Å². The highest BCUT2D eigenvalue weighted by molar-refractivity contribution is 7.94. The number of amides is 1. The zero-order valence-electron chi connectivity index (χ0n) is 17.1. The maximum atomic E-state index is 12.0. The summed E-state index contributed by atoms with van der Waals surface area (Å²) in [6, 6.07) is -0.675. The van der Waals surface area contributed by atoms with Crippen LogP contribution in [0.2, 0.25) is 0 Å². The van der Waals surface area contributed by atoms with E-state index in [0.717, 1.165) is 5.41 Å². The molecule has 0 aromatic carbocycles. The summed E-state index contributed by atoms with van der Waals surface area (Å²) in [6.45, 7) is 13.6. The van der Waals surface area contributed by atoms with Crippen LogP contribution in [0, 0.1) is 0 Å². The number of hydrogen-bond acceptors (Lipinski definition) is 6. The lowest BCUT2D eigenvalue weighted by molar-refractivity contribution is -0.155. The van der Waals surface area contributed by atoms with E-state index in [9.17, 15) is 18.0 Å². The lowest BCUT2D eigenvalue weighted by Crippen LogP contribution is -2.38. The number of carbonyl (C=O) groups is 2. The van der Waals surface area contributed by atoms with Crippen molar-refractivity contribution in [1.29, 1.82) is 0 Å². The van der Waals surface area contributed by atoms with Crippen molar-refractivity contribution in [2.24, 2.45) is 0 Å². The van der Waals surface area contributed by atoms with Crippen LogP contribution in [0.15, 0.2) is 11.5 Å². The van der Waals surface area contributed by atoms with Gasteiger partial charge in [0, 0.05) is 11.8 Å². The Kier molecular flexibility index (Phi) is 8.82. The Balaban J connectivity index is 5.08. The molecule has 1 amide bonds. The molecular weight excluding hydrogens is 358 g/mol. The molecule has 1 atom stereocenters. The number of carbonyl (C=O) groups excluding carboxylic acids is 2. The molecule has 0 aliphatic rings. The van der Waals surface area contributed by atoms with Gasteiger partial charge in [0.15, 0.2) is 9.84 Å². The predicted molar refractivity (Wildman–Crippen MR) is 101 cm³/mol. The molecule has 0 heterocycles. The SMILES string of the molecule is CC(C)S(=O)(=O)/C=C/[C@H](CCC(=O)OC(C)(C)C)NC(=O)OC(C)(C)C. The van der Waals surface area contributed by atoms with E-state index < -0.39 is 44.4 Å². The summed E-state index contributed by atoms with van der Waals surface area (Å²) in [4.78, 5) is 23.8. The predicted octanol–water partition coefficient (Wildman–Crippen LogP) is 3.34. The Morgan fingerprint density at radius 1 is 1.00 bits per heavy atom. The van der Waals surface area contributed by atoms with Crippen molar-refractivity contribution in [2.75, 3.05) is 0 Å². The molecule has 0 aliphatic heterocycles. The van der Waals surface area contributed by atoms with E-state index in [0.29, 0.717) is 0 Å². The van der Waals surface area contributed by atoms with Gasteiger partial charge in [-0.15, -0.1) is 0 Å². The van der Waals surface area contributed by atoms with E-state index in [2.05, 4.69) is 5.32 Å². The van der Waals surface area contributed by atoms with Crippen LogP contribution in [0.4, 0.5) is 4.79 Å². The highest BCUT2D eigenvalue weighted by Gasteiger charge is 2.22. The molecule has 26 heavy (non-hydrogen) atoms. The van der Waals surface area contributed by atoms with Gasteiger partial charge in [0.25, 0.3) is 0 Å². The molecule has 0 aromatic rings. The highest BCUT2D eigenvalue weighted by atomic mass is 32.2. The minimum atomic E-state index is -3.42. The van der Waals surface area contributed by atoms with Gasteiger partial charge in [0.1, 0.15) is 11.2 Å². The lowest BCUT2D eigenvalue weighted by Gasteiger charge is -2.23. The molecule has 8 heteroatoms. The molecule has 152 valence electrons. The van der Waals surface area contributed by atoms with Crippen LogP contribution in [-0.4, -0.2) is 43.0 Å². The highest BCUT2D eigenvalue weighted by Crippen LogP contribution is 2.13. The molecule has 0 rings (SSSR count). The molecule has 0 radical (unpaired) electrons. The van der Waals surface area contributed by atoms with Crippen LogP contribution in [0.1, 0.15) is 68.2 Å². The zero-order valence-corrected chi connectivity index (χ0v) is 17.9. The zero-order chi connectivity index (χ0) is 20.8. The number of ether oxygens (including phenoxy) is 2. The Labute approximate surface area is 157 Å². The minimum absolute atomic E-state index is 0.0315. The molecule has 0 aromatic heterocycles. The lowest BCUT2D eigenvalue weighted by atomic mass is 10.1. The Bertz CT molecular complexity index is 609. The van der Waals surface area contributed by atoms with Crippen LogP contribution < -0.4 is 5.32 Å². The summed E-state index contributed by atoms with van der Waals surface area (Å²) in [6.07, 6.45) is 0.907. The molecular formula is C18H33NO6S. The summed E-state index contributed by atoms with van der Waals surface area (Å²) in [5.74, 6) is -0.423.